The van der Waals surface area contributed by atoms with E-state index in [9.17, 15) is 9.59 Å². The highest BCUT2D eigenvalue weighted by atomic mass is 32.2. The average molecular weight is 382 g/mol. The molecule has 0 unspecified atom stereocenters. The van der Waals surface area contributed by atoms with Crippen LogP contribution in [0.5, 0.6) is 5.75 Å². The average Bonchev–Trinajstić information content (AvgIpc) is 2.68. The number of Topliss-reactive ketones (excluding diaryl/α,β-unsaturated/α-hetero) is 1. The minimum absolute atomic E-state index is 0.00638. The van der Waals surface area contributed by atoms with E-state index in [1.54, 1.807) is 34.9 Å². The number of thioether (sulfide) groups is 1. The van der Waals surface area contributed by atoms with E-state index in [0.29, 0.717) is 34.8 Å². The standard InChI is InChI=1S/C21H22N2O3S/c1-4-23-20(25)17-8-6-7-9-18(17)22-21(23)27-14(3)19(24)15-10-12-16(13-11-15)26-5-2/h6-14H,4-5H2,1-3H3/t14-/m0/s1. The van der Waals surface area contributed by atoms with Crippen LogP contribution in [0.3, 0.4) is 0 Å². The third kappa shape index (κ3) is 4.06. The first-order chi connectivity index (χ1) is 13.0. The van der Waals surface area contributed by atoms with Crippen LogP contribution in [0.4, 0.5) is 0 Å². The molecule has 0 fully saturated rings. The summed E-state index contributed by atoms with van der Waals surface area (Å²) < 4.78 is 7.04. The number of hydrogen-bond donors (Lipinski definition) is 0. The van der Waals surface area contributed by atoms with Crippen molar-refractivity contribution in [3.8, 4) is 5.75 Å². The number of aromatic nitrogens is 2. The summed E-state index contributed by atoms with van der Waals surface area (Å²) in [6.45, 7) is 6.75. The fraction of sp³-hybridized carbons (Fsp3) is 0.286. The normalized spacial score (nSPS) is 12.1. The van der Waals surface area contributed by atoms with Crippen molar-refractivity contribution in [1.29, 1.82) is 0 Å². The third-order valence-electron chi connectivity index (χ3n) is 4.24. The van der Waals surface area contributed by atoms with E-state index >= 15 is 0 Å². The van der Waals surface area contributed by atoms with Gasteiger partial charge in [0.15, 0.2) is 10.9 Å². The smallest absolute Gasteiger partial charge is 0.262 e. The lowest BCUT2D eigenvalue weighted by Crippen LogP contribution is -2.24. The maximum Gasteiger partial charge on any atom is 0.262 e. The Labute approximate surface area is 162 Å². The molecule has 0 saturated carbocycles. The van der Waals surface area contributed by atoms with Crippen molar-refractivity contribution >= 4 is 28.4 Å². The van der Waals surface area contributed by atoms with Gasteiger partial charge in [0.05, 0.1) is 22.8 Å². The highest BCUT2D eigenvalue weighted by Gasteiger charge is 2.20. The first-order valence-corrected chi connectivity index (χ1v) is 9.86. The first-order valence-electron chi connectivity index (χ1n) is 8.98. The van der Waals surface area contributed by atoms with Gasteiger partial charge in [0.2, 0.25) is 0 Å². The lowest BCUT2D eigenvalue weighted by atomic mass is 10.1. The minimum Gasteiger partial charge on any atom is -0.494 e. The second-order valence-corrected chi connectivity index (χ2v) is 7.35. The fourth-order valence-corrected chi connectivity index (χ4v) is 3.89. The van der Waals surface area contributed by atoms with Crippen LogP contribution in [0, 0.1) is 0 Å². The molecule has 0 aliphatic heterocycles. The molecule has 3 rings (SSSR count). The van der Waals surface area contributed by atoms with Crippen molar-refractivity contribution in [2.75, 3.05) is 6.61 Å². The van der Waals surface area contributed by atoms with Gasteiger partial charge >= 0.3 is 0 Å². The number of carbonyl (C=O) groups is 1. The number of ketones is 1. The molecule has 5 nitrogen and oxygen atoms in total. The molecule has 1 atom stereocenters. The van der Waals surface area contributed by atoms with Crippen LogP contribution < -0.4 is 10.3 Å². The van der Waals surface area contributed by atoms with Crippen LogP contribution in [0.2, 0.25) is 0 Å². The van der Waals surface area contributed by atoms with Crippen LogP contribution in [0.1, 0.15) is 31.1 Å². The fourth-order valence-electron chi connectivity index (χ4n) is 2.84. The molecule has 0 amide bonds. The zero-order valence-corrected chi connectivity index (χ0v) is 16.5. The number of carbonyl (C=O) groups excluding carboxylic acids is 1. The summed E-state index contributed by atoms with van der Waals surface area (Å²) in [7, 11) is 0. The van der Waals surface area contributed by atoms with E-state index in [2.05, 4.69) is 4.98 Å². The van der Waals surface area contributed by atoms with Gasteiger partial charge in [-0.3, -0.25) is 14.2 Å². The van der Waals surface area contributed by atoms with Gasteiger partial charge < -0.3 is 4.74 Å². The number of fused-ring (bicyclic) bond motifs is 1. The summed E-state index contributed by atoms with van der Waals surface area (Å²) in [5.41, 5.74) is 1.19. The van der Waals surface area contributed by atoms with Gasteiger partial charge in [-0.15, -0.1) is 0 Å². The highest BCUT2D eigenvalue weighted by molar-refractivity contribution is 8.00. The molecular formula is C21H22N2O3S. The number of hydrogen-bond acceptors (Lipinski definition) is 5. The Morgan fingerprint density at radius 3 is 2.52 bits per heavy atom. The highest BCUT2D eigenvalue weighted by Crippen LogP contribution is 2.25. The number of benzene rings is 2. The number of rotatable bonds is 7. The molecule has 140 valence electrons. The summed E-state index contributed by atoms with van der Waals surface area (Å²) in [6, 6.07) is 14.4. The van der Waals surface area contributed by atoms with Crippen molar-refractivity contribution in [3.63, 3.8) is 0 Å². The zero-order chi connectivity index (χ0) is 19.4. The van der Waals surface area contributed by atoms with Crippen molar-refractivity contribution in [2.45, 2.75) is 37.7 Å². The Balaban J connectivity index is 1.87. The second-order valence-electron chi connectivity index (χ2n) is 6.04. The molecule has 1 aromatic heterocycles. The second kappa shape index (κ2) is 8.39. The maximum absolute atomic E-state index is 12.8. The van der Waals surface area contributed by atoms with Gasteiger partial charge in [0, 0.05) is 12.1 Å². The van der Waals surface area contributed by atoms with Crippen molar-refractivity contribution in [1.82, 2.24) is 9.55 Å². The van der Waals surface area contributed by atoms with E-state index in [0.717, 1.165) is 5.75 Å². The quantitative estimate of drug-likeness (QED) is 0.348. The SMILES string of the molecule is CCOc1ccc(C(=O)[C@H](C)Sc2nc3ccccc3c(=O)n2CC)cc1. The molecule has 2 aromatic carbocycles. The van der Waals surface area contributed by atoms with Gasteiger partial charge in [-0.25, -0.2) is 4.98 Å². The molecule has 1 heterocycles. The van der Waals surface area contributed by atoms with E-state index in [-0.39, 0.29) is 16.6 Å². The van der Waals surface area contributed by atoms with Crippen LogP contribution >= 0.6 is 11.8 Å². The maximum atomic E-state index is 12.8. The predicted molar refractivity (Wildman–Crippen MR) is 109 cm³/mol. The van der Waals surface area contributed by atoms with E-state index < -0.39 is 0 Å². The van der Waals surface area contributed by atoms with Gasteiger partial charge in [0.25, 0.3) is 5.56 Å². The summed E-state index contributed by atoms with van der Waals surface area (Å²) in [4.78, 5) is 30.1. The van der Waals surface area contributed by atoms with Gasteiger partial charge in [-0.2, -0.15) is 0 Å². The van der Waals surface area contributed by atoms with Crippen LogP contribution in [-0.2, 0) is 6.54 Å². The molecule has 6 heteroatoms. The summed E-state index contributed by atoms with van der Waals surface area (Å²) in [5.74, 6) is 0.735. The van der Waals surface area contributed by atoms with Crippen LogP contribution in [-0.4, -0.2) is 27.2 Å². The van der Waals surface area contributed by atoms with Crippen molar-refractivity contribution in [3.05, 3.63) is 64.4 Å². The minimum atomic E-state index is -0.367. The van der Waals surface area contributed by atoms with Crippen molar-refractivity contribution < 1.29 is 9.53 Å². The third-order valence-corrected chi connectivity index (χ3v) is 5.33. The van der Waals surface area contributed by atoms with E-state index in [1.807, 2.05) is 39.0 Å². The molecule has 0 N–H and O–H groups in total. The van der Waals surface area contributed by atoms with Gasteiger partial charge in [-0.1, -0.05) is 23.9 Å². The van der Waals surface area contributed by atoms with Crippen LogP contribution in [0.15, 0.2) is 58.5 Å². The lowest BCUT2D eigenvalue weighted by molar-refractivity contribution is 0.0994. The number of nitrogens with zero attached hydrogens (tertiary/aromatic N) is 2. The molecule has 0 aliphatic carbocycles. The molecule has 0 bridgehead atoms. The molecular weight excluding hydrogens is 360 g/mol. The molecule has 0 aliphatic rings. The topological polar surface area (TPSA) is 61.2 Å². The summed E-state index contributed by atoms with van der Waals surface area (Å²) >= 11 is 1.31. The largest absolute Gasteiger partial charge is 0.494 e. The Bertz CT molecular complexity index is 1010. The first kappa shape index (κ1) is 19.2. The Morgan fingerprint density at radius 1 is 1.15 bits per heavy atom. The Morgan fingerprint density at radius 2 is 1.85 bits per heavy atom. The van der Waals surface area contributed by atoms with Crippen molar-refractivity contribution in [2.24, 2.45) is 0 Å². The predicted octanol–water partition coefficient (Wildman–Crippen LogP) is 4.18. The molecule has 0 saturated heterocycles. The number of ether oxygens (including phenoxy) is 1. The van der Waals surface area contributed by atoms with Crippen LogP contribution in [0.25, 0.3) is 10.9 Å². The summed E-state index contributed by atoms with van der Waals surface area (Å²) in [6.07, 6.45) is 0. The lowest BCUT2D eigenvalue weighted by Gasteiger charge is -2.15. The molecule has 0 radical (unpaired) electrons. The van der Waals surface area contributed by atoms with E-state index in [1.165, 1.54) is 11.8 Å². The van der Waals surface area contributed by atoms with Gasteiger partial charge in [0.1, 0.15) is 5.75 Å². The van der Waals surface area contributed by atoms with Gasteiger partial charge in [-0.05, 0) is 57.2 Å². The monoisotopic (exact) mass is 382 g/mol. The Kier molecular flexibility index (Phi) is 5.96. The number of para-hydroxylation sites is 1. The zero-order valence-electron chi connectivity index (χ0n) is 15.6. The molecule has 0 spiro atoms. The van der Waals surface area contributed by atoms with E-state index in [4.69, 9.17) is 4.74 Å². The Hall–Kier alpha value is -2.60. The molecule has 27 heavy (non-hydrogen) atoms. The molecule has 3 aromatic rings. The summed E-state index contributed by atoms with van der Waals surface area (Å²) in [5, 5.41) is 0.788.